The molecule has 16 heavy (non-hydrogen) atoms. The lowest BCUT2D eigenvalue weighted by molar-refractivity contribution is -0.131. The number of nitriles is 1. The van der Waals surface area contributed by atoms with E-state index in [-0.39, 0.29) is 18.1 Å². The summed E-state index contributed by atoms with van der Waals surface area (Å²) in [5.74, 6) is -0.196. The number of nitrogens with zero attached hydrogens (tertiary/aromatic N) is 1. The Labute approximate surface area is 97.0 Å². The molecule has 0 saturated heterocycles. The molecule has 0 unspecified atom stereocenters. The Morgan fingerprint density at radius 3 is 2.44 bits per heavy atom. The van der Waals surface area contributed by atoms with Crippen molar-refractivity contribution in [2.75, 3.05) is 6.61 Å². The molecular weight excluding hydrogens is 204 g/mol. The maximum Gasteiger partial charge on any atom is 0.247 e. The zero-order chi connectivity index (χ0) is 12.2. The summed E-state index contributed by atoms with van der Waals surface area (Å²) in [7, 11) is 0. The van der Waals surface area contributed by atoms with Gasteiger partial charge in [-0.1, -0.05) is 0 Å². The van der Waals surface area contributed by atoms with E-state index in [1.165, 1.54) is 0 Å². The molecule has 0 atom stereocenters. The lowest BCUT2D eigenvalue weighted by atomic mass is 10.00. The van der Waals surface area contributed by atoms with Gasteiger partial charge in [-0.25, -0.2) is 0 Å². The van der Waals surface area contributed by atoms with Crippen LogP contribution in [-0.2, 0) is 9.53 Å². The van der Waals surface area contributed by atoms with Gasteiger partial charge in [0, 0.05) is 0 Å². The van der Waals surface area contributed by atoms with Gasteiger partial charge in [0.1, 0.15) is 12.1 Å². The van der Waals surface area contributed by atoms with Gasteiger partial charge in [0.2, 0.25) is 5.91 Å². The van der Waals surface area contributed by atoms with Crippen molar-refractivity contribution in [3.63, 3.8) is 0 Å². The Bertz CT molecular complexity index is 293. The fourth-order valence-corrected chi connectivity index (χ4v) is 1.83. The zero-order valence-electron chi connectivity index (χ0n) is 10.3. The average molecular weight is 224 g/mol. The number of ether oxygens (including phenoxy) is 1. The van der Waals surface area contributed by atoms with Crippen LogP contribution in [0.1, 0.15) is 46.5 Å². The Kier molecular flexibility index (Phi) is 3.93. The van der Waals surface area contributed by atoms with E-state index < -0.39 is 5.54 Å². The highest BCUT2D eigenvalue weighted by Crippen LogP contribution is 2.28. The minimum absolute atomic E-state index is 0.0208. The van der Waals surface area contributed by atoms with E-state index in [0.29, 0.717) is 0 Å². The third-order valence-electron chi connectivity index (χ3n) is 2.69. The number of rotatable bonds is 3. The monoisotopic (exact) mass is 224 g/mol. The van der Waals surface area contributed by atoms with E-state index in [9.17, 15) is 4.79 Å². The van der Waals surface area contributed by atoms with E-state index >= 15 is 0 Å². The van der Waals surface area contributed by atoms with Crippen molar-refractivity contribution in [2.45, 2.75) is 57.6 Å². The van der Waals surface area contributed by atoms with Crippen LogP contribution in [0.4, 0.5) is 0 Å². The van der Waals surface area contributed by atoms with Crippen LogP contribution < -0.4 is 5.32 Å². The second-order valence-electron chi connectivity index (χ2n) is 5.35. The van der Waals surface area contributed by atoms with Gasteiger partial charge in [-0.05, 0) is 46.5 Å². The molecule has 4 nitrogen and oxygen atoms in total. The van der Waals surface area contributed by atoms with Crippen molar-refractivity contribution in [3.8, 4) is 6.07 Å². The second kappa shape index (κ2) is 4.84. The highest BCUT2D eigenvalue weighted by molar-refractivity contribution is 5.78. The number of carbonyl (C=O) groups is 1. The van der Waals surface area contributed by atoms with Crippen molar-refractivity contribution in [1.82, 2.24) is 5.32 Å². The molecule has 0 aromatic heterocycles. The molecule has 1 aliphatic rings. The van der Waals surface area contributed by atoms with Crippen LogP contribution in [0, 0.1) is 11.3 Å². The summed E-state index contributed by atoms with van der Waals surface area (Å²) >= 11 is 0. The highest BCUT2D eigenvalue weighted by Gasteiger charge is 2.35. The van der Waals surface area contributed by atoms with Crippen molar-refractivity contribution in [2.24, 2.45) is 0 Å². The SMILES string of the molecule is CC(C)(C)OCC(=O)NC1(C#N)CCCC1. The molecule has 1 aliphatic carbocycles. The average Bonchev–Trinajstić information content (AvgIpc) is 2.63. The highest BCUT2D eigenvalue weighted by atomic mass is 16.5. The molecule has 0 heterocycles. The van der Waals surface area contributed by atoms with Gasteiger partial charge in [-0.3, -0.25) is 4.79 Å². The summed E-state index contributed by atoms with van der Waals surface area (Å²) in [6, 6.07) is 2.22. The van der Waals surface area contributed by atoms with E-state index in [2.05, 4.69) is 11.4 Å². The molecular formula is C12H20N2O2. The van der Waals surface area contributed by atoms with Gasteiger partial charge in [0.15, 0.2) is 0 Å². The normalized spacial score (nSPS) is 19.1. The van der Waals surface area contributed by atoms with Crippen LogP contribution in [0.15, 0.2) is 0 Å². The van der Waals surface area contributed by atoms with E-state index in [1.54, 1.807) is 0 Å². The fraction of sp³-hybridized carbons (Fsp3) is 0.833. The summed E-state index contributed by atoms with van der Waals surface area (Å²) in [6.07, 6.45) is 3.53. The summed E-state index contributed by atoms with van der Waals surface area (Å²) < 4.78 is 5.37. The Hall–Kier alpha value is -1.08. The molecule has 0 aliphatic heterocycles. The second-order valence-corrected chi connectivity index (χ2v) is 5.35. The first kappa shape index (κ1) is 13.0. The van der Waals surface area contributed by atoms with Crippen molar-refractivity contribution >= 4 is 5.91 Å². The van der Waals surface area contributed by atoms with Gasteiger partial charge >= 0.3 is 0 Å². The zero-order valence-corrected chi connectivity index (χ0v) is 10.3. The van der Waals surface area contributed by atoms with Crippen molar-refractivity contribution in [3.05, 3.63) is 0 Å². The quantitative estimate of drug-likeness (QED) is 0.794. The summed E-state index contributed by atoms with van der Waals surface area (Å²) in [4.78, 5) is 11.6. The van der Waals surface area contributed by atoms with Gasteiger partial charge in [0.05, 0.1) is 11.7 Å². The third-order valence-corrected chi connectivity index (χ3v) is 2.69. The van der Waals surface area contributed by atoms with Crippen LogP contribution in [0.25, 0.3) is 0 Å². The fourth-order valence-electron chi connectivity index (χ4n) is 1.83. The smallest absolute Gasteiger partial charge is 0.247 e. The van der Waals surface area contributed by atoms with E-state index in [1.807, 2.05) is 20.8 Å². The third kappa shape index (κ3) is 3.82. The molecule has 0 aromatic carbocycles. The van der Waals surface area contributed by atoms with Crippen molar-refractivity contribution in [1.29, 1.82) is 5.26 Å². The number of hydrogen-bond acceptors (Lipinski definition) is 3. The Morgan fingerprint density at radius 1 is 1.44 bits per heavy atom. The van der Waals surface area contributed by atoms with Gasteiger partial charge in [0.25, 0.3) is 0 Å². The minimum Gasteiger partial charge on any atom is -0.366 e. The van der Waals surface area contributed by atoms with E-state index in [0.717, 1.165) is 25.7 Å². The first-order chi connectivity index (χ1) is 7.37. The standard InChI is InChI=1S/C12H20N2O2/c1-11(2,3)16-8-10(15)14-12(9-13)6-4-5-7-12/h4-8H2,1-3H3,(H,14,15). The molecule has 1 fully saturated rings. The maximum absolute atomic E-state index is 11.6. The maximum atomic E-state index is 11.6. The molecule has 0 spiro atoms. The number of nitrogens with one attached hydrogen (secondary N) is 1. The molecule has 0 bridgehead atoms. The minimum atomic E-state index is -0.641. The molecule has 1 N–H and O–H groups in total. The Balaban J connectivity index is 2.42. The molecule has 1 rings (SSSR count). The molecule has 1 amide bonds. The summed E-state index contributed by atoms with van der Waals surface area (Å²) in [5.41, 5.74) is -0.967. The van der Waals surface area contributed by atoms with Crippen LogP contribution in [0.3, 0.4) is 0 Å². The first-order valence-corrected chi connectivity index (χ1v) is 5.73. The topological polar surface area (TPSA) is 62.1 Å². The number of amides is 1. The molecule has 0 aromatic rings. The molecule has 90 valence electrons. The molecule has 4 heteroatoms. The molecule has 0 radical (unpaired) electrons. The first-order valence-electron chi connectivity index (χ1n) is 5.73. The van der Waals surface area contributed by atoms with Crippen molar-refractivity contribution < 1.29 is 9.53 Å². The lowest BCUT2D eigenvalue weighted by Crippen LogP contribution is -2.47. The molecule has 1 saturated carbocycles. The van der Waals surface area contributed by atoms with Gasteiger partial charge in [-0.2, -0.15) is 5.26 Å². The van der Waals surface area contributed by atoms with Crippen LogP contribution in [0.2, 0.25) is 0 Å². The van der Waals surface area contributed by atoms with Crippen LogP contribution in [-0.4, -0.2) is 23.7 Å². The largest absolute Gasteiger partial charge is 0.366 e. The van der Waals surface area contributed by atoms with Crippen LogP contribution >= 0.6 is 0 Å². The summed E-state index contributed by atoms with van der Waals surface area (Å²) in [6.45, 7) is 5.72. The predicted molar refractivity (Wildman–Crippen MR) is 60.7 cm³/mol. The predicted octanol–water partition coefficient (Wildman–Crippen LogP) is 1.75. The van der Waals surface area contributed by atoms with Crippen LogP contribution in [0.5, 0.6) is 0 Å². The lowest BCUT2D eigenvalue weighted by Gasteiger charge is -2.24. The summed E-state index contributed by atoms with van der Waals surface area (Å²) in [5, 5.41) is 11.9. The van der Waals surface area contributed by atoms with Gasteiger partial charge < -0.3 is 10.1 Å². The number of hydrogen-bond donors (Lipinski definition) is 1. The van der Waals surface area contributed by atoms with Gasteiger partial charge in [-0.15, -0.1) is 0 Å². The Morgan fingerprint density at radius 2 is 2.00 bits per heavy atom. The van der Waals surface area contributed by atoms with E-state index in [4.69, 9.17) is 10.00 Å². The number of carbonyl (C=O) groups excluding carboxylic acids is 1.